The molecule has 102 valence electrons. The van der Waals surface area contributed by atoms with E-state index in [2.05, 4.69) is 20.6 Å². The third-order valence-corrected chi connectivity index (χ3v) is 3.50. The van der Waals surface area contributed by atoms with Gasteiger partial charge in [-0.25, -0.2) is 9.97 Å². The van der Waals surface area contributed by atoms with Crippen molar-refractivity contribution >= 4 is 22.4 Å². The van der Waals surface area contributed by atoms with Gasteiger partial charge in [0.15, 0.2) is 11.0 Å². The Bertz CT molecular complexity index is 590. The van der Waals surface area contributed by atoms with Crippen molar-refractivity contribution in [2.45, 2.75) is 26.8 Å². The Morgan fingerprint density at radius 3 is 2.74 bits per heavy atom. The molecular formula is C12H16N4O2S. The maximum atomic E-state index is 12.0. The van der Waals surface area contributed by atoms with Crippen molar-refractivity contribution < 1.29 is 9.21 Å². The van der Waals surface area contributed by atoms with Crippen molar-refractivity contribution in [2.75, 3.05) is 12.4 Å². The molecule has 19 heavy (non-hydrogen) atoms. The predicted octanol–water partition coefficient (Wildman–Crippen LogP) is 2.28. The molecule has 1 amide bonds. The molecule has 0 aliphatic carbocycles. The Balaban J connectivity index is 2.11. The maximum absolute atomic E-state index is 12.0. The highest BCUT2D eigenvalue weighted by atomic mass is 32.1. The van der Waals surface area contributed by atoms with Crippen LogP contribution >= 0.6 is 11.3 Å². The lowest BCUT2D eigenvalue weighted by molar-refractivity contribution is 0.0994. The fourth-order valence-corrected chi connectivity index (χ4v) is 2.39. The molecule has 0 saturated heterocycles. The third kappa shape index (κ3) is 2.99. The molecule has 0 fully saturated rings. The minimum atomic E-state index is -0.323. The summed E-state index contributed by atoms with van der Waals surface area (Å²) in [6.45, 7) is 5.45. The molecule has 6 nitrogen and oxygen atoms in total. The topological polar surface area (TPSA) is 80.0 Å². The smallest absolute Gasteiger partial charge is 0.295 e. The lowest BCUT2D eigenvalue weighted by Crippen LogP contribution is -2.14. The largest absolute Gasteiger partial charge is 0.436 e. The van der Waals surface area contributed by atoms with E-state index in [1.165, 1.54) is 11.3 Å². The molecule has 1 atom stereocenters. The summed E-state index contributed by atoms with van der Waals surface area (Å²) in [5.41, 5.74) is 1.48. The first-order chi connectivity index (χ1) is 9.01. The van der Waals surface area contributed by atoms with Gasteiger partial charge in [0.05, 0.1) is 11.4 Å². The van der Waals surface area contributed by atoms with Crippen molar-refractivity contribution in [1.82, 2.24) is 15.3 Å². The number of carbonyl (C=O) groups is 1. The molecule has 0 aromatic carbocycles. The zero-order valence-corrected chi connectivity index (χ0v) is 12.1. The number of thiazole rings is 1. The maximum Gasteiger partial charge on any atom is 0.295 e. The van der Waals surface area contributed by atoms with Gasteiger partial charge in [-0.1, -0.05) is 0 Å². The zero-order valence-electron chi connectivity index (χ0n) is 11.3. The summed E-state index contributed by atoms with van der Waals surface area (Å²) in [7, 11) is 1.86. The van der Waals surface area contributed by atoms with Crippen LogP contribution in [0.4, 0.5) is 5.13 Å². The average Bonchev–Trinajstić information content (AvgIpc) is 2.95. The second-order valence-corrected chi connectivity index (χ2v) is 5.05. The number of aromatic nitrogens is 2. The second-order valence-electron chi connectivity index (χ2n) is 4.19. The van der Waals surface area contributed by atoms with Crippen LogP contribution in [0.1, 0.15) is 40.8 Å². The first-order valence-electron chi connectivity index (χ1n) is 5.89. The van der Waals surface area contributed by atoms with Gasteiger partial charge >= 0.3 is 0 Å². The molecule has 0 aliphatic rings. The van der Waals surface area contributed by atoms with Crippen LogP contribution in [-0.2, 0) is 0 Å². The van der Waals surface area contributed by atoms with Crippen LogP contribution in [0.3, 0.4) is 0 Å². The first-order valence-corrected chi connectivity index (χ1v) is 6.77. The monoisotopic (exact) mass is 280 g/mol. The molecule has 2 aromatic heterocycles. The highest BCUT2D eigenvalue weighted by Crippen LogP contribution is 2.21. The highest BCUT2D eigenvalue weighted by Gasteiger charge is 2.17. The molecule has 2 heterocycles. The van der Waals surface area contributed by atoms with Gasteiger partial charge in [-0.3, -0.25) is 10.1 Å². The van der Waals surface area contributed by atoms with Crippen LogP contribution in [-0.4, -0.2) is 22.9 Å². The molecule has 0 spiro atoms. The minimum absolute atomic E-state index is 0.149. The summed E-state index contributed by atoms with van der Waals surface area (Å²) < 4.78 is 5.27. The summed E-state index contributed by atoms with van der Waals surface area (Å²) in [6, 6.07) is 0.149. The number of amides is 1. The summed E-state index contributed by atoms with van der Waals surface area (Å²) >= 11 is 1.38. The number of rotatable bonds is 4. The number of hydrogen-bond acceptors (Lipinski definition) is 6. The Kier molecular flexibility index (Phi) is 3.96. The van der Waals surface area contributed by atoms with E-state index in [9.17, 15) is 4.79 Å². The van der Waals surface area contributed by atoms with E-state index < -0.39 is 0 Å². The van der Waals surface area contributed by atoms with Gasteiger partial charge in [0, 0.05) is 18.3 Å². The summed E-state index contributed by atoms with van der Waals surface area (Å²) in [5.74, 6) is 0.387. The number of nitrogens with zero attached hydrogens (tertiary/aromatic N) is 2. The molecule has 0 bridgehead atoms. The van der Waals surface area contributed by atoms with E-state index >= 15 is 0 Å². The normalized spacial score (nSPS) is 12.4. The van der Waals surface area contributed by atoms with Crippen molar-refractivity contribution in [3.63, 3.8) is 0 Å². The summed E-state index contributed by atoms with van der Waals surface area (Å²) in [5, 5.41) is 8.28. The van der Waals surface area contributed by atoms with E-state index in [1.54, 1.807) is 13.8 Å². The van der Waals surface area contributed by atoms with Gasteiger partial charge in [-0.15, -0.1) is 11.3 Å². The molecule has 2 N–H and O–H groups in total. The van der Waals surface area contributed by atoms with Crippen LogP contribution in [0.15, 0.2) is 9.80 Å². The molecule has 7 heteroatoms. The Morgan fingerprint density at radius 1 is 1.42 bits per heavy atom. The van der Waals surface area contributed by atoms with Crippen LogP contribution in [0.2, 0.25) is 0 Å². The van der Waals surface area contributed by atoms with E-state index in [4.69, 9.17) is 4.42 Å². The fraction of sp³-hybridized carbons (Fsp3) is 0.417. The average molecular weight is 280 g/mol. The van der Waals surface area contributed by atoms with Crippen molar-refractivity contribution in [3.8, 4) is 0 Å². The van der Waals surface area contributed by atoms with Crippen molar-refractivity contribution in [3.05, 3.63) is 28.4 Å². The van der Waals surface area contributed by atoms with Crippen molar-refractivity contribution in [1.29, 1.82) is 0 Å². The quantitative estimate of drug-likeness (QED) is 0.898. The number of aryl methyl sites for hydroxylation is 2. The van der Waals surface area contributed by atoms with Gasteiger partial charge < -0.3 is 9.73 Å². The number of nitrogens with one attached hydrogen (secondary N) is 2. The van der Waals surface area contributed by atoms with Crippen molar-refractivity contribution in [2.24, 2.45) is 0 Å². The van der Waals surface area contributed by atoms with Crippen LogP contribution in [0.5, 0.6) is 0 Å². The molecule has 2 rings (SSSR count). The predicted molar refractivity (Wildman–Crippen MR) is 73.5 cm³/mol. The summed E-state index contributed by atoms with van der Waals surface area (Å²) in [4.78, 5) is 20.4. The van der Waals surface area contributed by atoms with Gasteiger partial charge in [-0.05, 0) is 20.9 Å². The fourth-order valence-electron chi connectivity index (χ4n) is 1.59. The van der Waals surface area contributed by atoms with Crippen LogP contribution in [0.25, 0.3) is 0 Å². The standard InChI is InChI=1S/C12H16N4O2S/c1-6(13-4)9-5-19-12(15-9)16-11(17)10-7(2)14-8(3)18-10/h5-6,13H,1-4H3,(H,15,16,17). The first kappa shape index (κ1) is 13.7. The van der Waals surface area contributed by atoms with E-state index in [0.717, 1.165) is 5.69 Å². The zero-order chi connectivity index (χ0) is 14.0. The van der Waals surface area contributed by atoms with E-state index in [1.807, 2.05) is 19.4 Å². The van der Waals surface area contributed by atoms with Gasteiger partial charge in [0.1, 0.15) is 0 Å². The van der Waals surface area contributed by atoms with Crippen LogP contribution in [0, 0.1) is 13.8 Å². The molecule has 0 radical (unpaired) electrons. The SMILES string of the molecule is CNC(C)c1csc(NC(=O)c2oc(C)nc2C)n1. The lowest BCUT2D eigenvalue weighted by atomic mass is 10.3. The number of anilines is 1. The molecule has 1 unspecified atom stereocenters. The summed E-state index contributed by atoms with van der Waals surface area (Å²) in [6.07, 6.45) is 0. The molecule has 0 aliphatic heterocycles. The number of hydrogen-bond donors (Lipinski definition) is 2. The highest BCUT2D eigenvalue weighted by molar-refractivity contribution is 7.14. The van der Waals surface area contributed by atoms with Gasteiger partial charge in [0.25, 0.3) is 5.91 Å². The Labute approximate surface area is 115 Å². The van der Waals surface area contributed by atoms with Gasteiger partial charge in [0.2, 0.25) is 5.76 Å². The molecule has 0 saturated carbocycles. The van der Waals surface area contributed by atoms with Gasteiger partial charge in [-0.2, -0.15) is 0 Å². The molecule has 2 aromatic rings. The number of oxazole rings is 1. The second kappa shape index (κ2) is 5.50. The Morgan fingerprint density at radius 2 is 2.16 bits per heavy atom. The third-order valence-electron chi connectivity index (χ3n) is 2.73. The van der Waals surface area contributed by atoms with Crippen LogP contribution < -0.4 is 10.6 Å². The minimum Gasteiger partial charge on any atom is -0.436 e. The molecular weight excluding hydrogens is 264 g/mol. The van der Waals surface area contributed by atoms with E-state index in [-0.39, 0.29) is 17.7 Å². The Hall–Kier alpha value is -1.73. The lowest BCUT2D eigenvalue weighted by Gasteiger charge is -2.05. The van der Waals surface area contributed by atoms with E-state index in [0.29, 0.717) is 16.7 Å². The number of carbonyl (C=O) groups excluding carboxylic acids is 1.